The Bertz CT molecular complexity index is 725. The highest BCUT2D eigenvalue weighted by molar-refractivity contribution is 6.08. The van der Waals surface area contributed by atoms with Crippen LogP contribution in [0.2, 0.25) is 0 Å². The Hall–Kier alpha value is -2.17. The van der Waals surface area contributed by atoms with E-state index in [4.69, 9.17) is 9.15 Å². The Labute approximate surface area is 141 Å². The monoisotopic (exact) mass is 329 g/mol. The molecule has 0 spiro atoms. The average Bonchev–Trinajstić information content (AvgIpc) is 2.98. The van der Waals surface area contributed by atoms with E-state index in [-0.39, 0.29) is 17.2 Å². The lowest BCUT2D eigenvalue weighted by atomic mass is 9.68. The molecule has 1 aliphatic carbocycles. The van der Waals surface area contributed by atoms with Gasteiger partial charge in [-0.25, -0.2) is 0 Å². The molecule has 1 aliphatic heterocycles. The van der Waals surface area contributed by atoms with E-state index in [1.165, 1.54) is 0 Å². The molecule has 0 bridgehead atoms. The van der Waals surface area contributed by atoms with Gasteiger partial charge in [-0.1, -0.05) is 13.8 Å². The second kappa shape index (κ2) is 6.04. The summed E-state index contributed by atoms with van der Waals surface area (Å²) >= 11 is 0. The fraction of sp³-hybridized carbons (Fsp3) is 0.526. The first-order chi connectivity index (χ1) is 11.3. The zero-order chi connectivity index (χ0) is 17.5. The largest absolute Gasteiger partial charge is 0.469 e. The van der Waals surface area contributed by atoms with E-state index in [1.807, 2.05) is 13.0 Å². The number of Topliss-reactive ketones (excluding diaryl/α,β-unsaturated/α-hetero) is 1. The van der Waals surface area contributed by atoms with Crippen LogP contribution in [0.3, 0.4) is 0 Å². The van der Waals surface area contributed by atoms with Gasteiger partial charge >= 0.3 is 5.97 Å². The Morgan fingerprint density at radius 3 is 2.79 bits per heavy atom. The SMILES string of the molecule is CCOC(=O)C1C(C)=NC2=C(C(=O)CC(C)(C)C2)[C@@H]1c1ccco1. The Morgan fingerprint density at radius 2 is 2.17 bits per heavy atom. The van der Waals surface area contributed by atoms with Gasteiger partial charge in [-0.15, -0.1) is 0 Å². The summed E-state index contributed by atoms with van der Waals surface area (Å²) < 4.78 is 10.8. The van der Waals surface area contributed by atoms with Gasteiger partial charge in [-0.3, -0.25) is 14.6 Å². The topological polar surface area (TPSA) is 68.9 Å². The van der Waals surface area contributed by atoms with Crippen LogP contribution in [0.25, 0.3) is 0 Å². The van der Waals surface area contributed by atoms with Crippen molar-refractivity contribution in [3.8, 4) is 0 Å². The molecular formula is C19H23NO4. The fourth-order valence-corrected chi connectivity index (χ4v) is 3.76. The molecule has 0 radical (unpaired) electrons. The van der Waals surface area contributed by atoms with Crippen LogP contribution in [-0.4, -0.2) is 24.1 Å². The van der Waals surface area contributed by atoms with E-state index in [1.54, 1.807) is 19.3 Å². The molecule has 1 aromatic heterocycles. The molecule has 0 N–H and O–H groups in total. The quantitative estimate of drug-likeness (QED) is 0.794. The number of carbonyl (C=O) groups is 2. The predicted molar refractivity (Wildman–Crippen MR) is 89.7 cm³/mol. The van der Waals surface area contributed by atoms with E-state index in [0.29, 0.717) is 30.1 Å². The summed E-state index contributed by atoms with van der Waals surface area (Å²) in [5.41, 5.74) is 1.96. The maximum atomic E-state index is 12.9. The van der Waals surface area contributed by atoms with Gasteiger partial charge in [0.15, 0.2) is 5.78 Å². The number of nitrogens with zero attached hydrogens (tertiary/aromatic N) is 1. The highest BCUT2D eigenvalue weighted by atomic mass is 16.5. The van der Waals surface area contributed by atoms with Crippen LogP contribution in [0.15, 0.2) is 39.1 Å². The highest BCUT2D eigenvalue weighted by Crippen LogP contribution is 2.47. The summed E-state index contributed by atoms with van der Waals surface area (Å²) in [4.78, 5) is 30.0. The molecule has 2 heterocycles. The number of esters is 1. The Balaban J connectivity index is 2.13. The minimum atomic E-state index is -0.611. The molecule has 5 nitrogen and oxygen atoms in total. The van der Waals surface area contributed by atoms with Crippen molar-refractivity contribution >= 4 is 17.5 Å². The summed E-state index contributed by atoms with van der Waals surface area (Å²) in [6.07, 6.45) is 2.74. The lowest BCUT2D eigenvalue weighted by molar-refractivity contribution is -0.146. The Morgan fingerprint density at radius 1 is 1.42 bits per heavy atom. The third kappa shape index (κ3) is 2.83. The normalized spacial score (nSPS) is 26.0. The van der Waals surface area contributed by atoms with E-state index < -0.39 is 11.8 Å². The molecular weight excluding hydrogens is 306 g/mol. The molecule has 0 amide bonds. The molecule has 24 heavy (non-hydrogen) atoms. The second-order valence-corrected chi connectivity index (χ2v) is 7.28. The molecule has 1 aromatic rings. The maximum absolute atomic E-state index is 12.9. The van der Waals surface area contributed by atoms with Crippen LogP contribution in [0, 0.1) is 11.3 Å². The molecule has 128 valence electrons. The van der Waals surface area contributed by atoms with E-state index in [2.05, 4.69) is 18.8 Å². The predicted octanol–water partition coefficient (Wildman–Crippen LogP) is 3.66. The van der Waals surface area contributed by atoms with Crippen LogP contribution in [-0.2, 0) is 14.3 Å². The lowest BCUT2D eigenvalue weighted by Gasteiger charge is -2.38. The van der Waals surface area contributed by atoms with Crippen molar-refractivity contribution in [3.63, 3.8) is 0 Å². The van der Waals surface area contributed by atoms with Crippen molar-refractivity contribution in [1.82, 2.24) is 0 Å². The summed E-state index contributed by atoms with van der Waals surface area (Å²) in [7, 11) is 0. The summed E-state index contributed by atoms with van der Waals surface area (Å²) in [6, 6.07) is 3.59. The van der Waals surface area contributed by atoms with Gasteiger partial charge < -0.3 is 9.15 Å². The molecule has 0 fully saturated rings. The number of ether oxygens (including phenoxy) is 1. The van der Waals surface area contributed by atoms with Crippen molar-refractivity contribution in [2.75, 3.05) is 6.61 Å². The van der Waals surface area contributed by atoms with E-state index >= 15 is 0 Å². The molecule has 0 aromatic carbocycles. The Kier molecular flexibility index (Phi) is 4.20. The number of allylic oxidation sites excluding steroid dienone is 2. The number of ketones is 1. The number of hydrogen-bond acceptors (Lipinski definition) is 5. The van der Waals surface area contributed by atoms with Gasteiger partial charge in [0, 0.05) is 23.4 Å². The van der Waals surface area contributed by atoms with Crippen LogP contribution in [0.5, 0.6) is 0 Å². The van der Waals surface area contributed by atoms with Gasteiger partial charge in [0.2, 0.25) is 0 Å². The highest BCUT2D eigenvalue weighted by Gasteiger charge is 2.47. The van der Waals surface area contributed by atoms with Crippen LogP contribution in [0.4, 0.5) is 0 Å². The molecule has 0 saturated heterocycles. The molecule has 1 unspecified atom stereocenters. The molecule has 5 heteroatoms. The van der Waals surface area contributed by atoms with Crippen LogP contribution < -0.4 is 0 Å². The lowest BCUT2D eigenvalue weighted by Crippen LogP contribution is -2.39. The minimum Gasteiger partial charge on any atom is -0.469 e. The number of hydrogen-bond donors (Lipinski definition) is 0. The molecule has 2 aliphatic rings. The standard InChI is InChI=1S/C19H23NO4/c1-5-23-18(22)15-11(2)20-12-9-19(3,4)10-13(21)16(12)17(15)14-7-6-8-24-14/h6-8,15,17H,5,9-10H2,1-4H3/t15?,17-/m1/s1. The first-order valence-electron chi connectivity index (χ1n) is 8.35. The van der Waals surface area contributed by atoms with Gasteiger partial charge in [0.05, 0.1) is 18.8 Å². The molecule has 0 saturated carbocycles. The number of aliphatic imine (C=N–C) groups is 1. The average molecular weight is 329 g/mol. The van der Waals surface area contributed by atoms with Crippen molar-refractivity contribution < 1.29 is 18.7 Å². The van der Waals surface area contributed by atoms with Crippen molar-refractivity contribution in [3.05, 3.63) is 35.4 Å². The van der Waals surface area contributed by atoms with E-state index in [0.717, 1.165) is 12.1 Å². The second-order valence-electron chi connectivity index (χ2n) is 7.28. The molecule has 3 rings (SSSR count). The summed E-state index contributed by atoms with van der Waals surface area (Å²) in [5, 5.41) is 0. The third-order valence-electron chi connectivity index (χ3n) is 4.69. The zero-order valence-electron chi connectivity index (χ0n) is 14.6. The number of carbonyl (C=O) groups excluding carboxylic acids is 2. The number of furan rings is 1. The van der Waals surface area contributed by atoms with Gasteiger partial charge in [-0.05, 0) is 37.8 Å². The smallest absolute Gasteiger partial charge is 0.315 e. The molecule has 2 atom stereocenters. The van der Waals surface area contributed by atoms with Gasteiger partial charge in [0.1, 0.15) is 11.7 Å². The number of rotatable bonds is 3. The summed E-state index contributed by atoms with van der Waals surface area (Å²) in [5.74, 6) is -0.754. The van der Waals surface area contributed by atoms with Crippen LogP contribution in [0.1, 0.15) is 52.2 Å². The zero-order valence-corrected chi connectivity index (χ0v) is 14.6. The van der Waals surface area contributed by atoms with Crippen LogP contribution >= 0.6 is 0 Å². The van der Waals surface area contributed by atoms with Crippen molar-refractivity contribution in [1.29, 1.82) is 0 Å². The first kappa shape index (κ1) is 16.7. The van der Waals surface area contributed by atoms with Crippen molar-refractivity contribution in [2.24, 2.45) is 16.3 Å². The van der Waals surface area contributed by atoms with Gasteiger partial charge in [-0.2, -0.15) is 0 Å². The third-order valence-corrected chi connectivity index (χ3v) is 4.69. The van der Waals surface area contributed by atoms with Crippen molar-refractivity contribution in [2.45, 2.75) is 46.5 Å². The first-order valence-corrected chi connectivity index (χ1v) is 8.35. The van der Waals surface area contributed by atoms with E-state index in [9.17, 15) is 9.59 Å². The summed E-state index contributed by atoms with van der Waals surface area (Å²) in [6.45, 7) is 8.03. The van der Waals surface area contributed by atoms with Gasteiger partial charge in [0.25, 0.3) is 0 Å². The minimum absolute atomic E-state index is 0.0493. The maximum Gasteiger partial charge on any atom is 0.315 e. The fourth-order valence-electron chi connectivity index (χ4n) is 3.76.